The van der Waals surface area contributed by atoms with Crippen LogP contribution in [0.5, 0.6) is 11.5 Å². The molecule has 0 fully saturated rings. The molecule has 0 saturated carbocycles. The number of hydrogen-bond acceptors (Lipinski definition) is 18. The lowest BCUT2D eigenvalue weighted by atomic mass is 10.3. The second-order valence-electron chi connectivity index (χ2n) is 12.4. The molecule has 0 aliphatic heterocycles. The largest absolute Gasteiger partial charge is 0.484 e. The van der Waals surface area contributed by atoms with E-state index in [4.69, 9.17) is 85.3 Å². The summed E-state index contributed by atoms with van der Waals surface area (Å²) < 4.78 is 103. The van der Waals surface area contributed by atoms with E-state index in [-0.39, 0.29) is 0 Å². The van der Waals surface area contributed by atoms with Crippen LogP contribution in [0.3, 0.4) is 0 Å². The van der Waals surface area contributed by atoms with Crippen molar-refractivity contribution in [3.8, 4) is 11.5 Å². The third kappa shape index (κ3) is 36.0. The number of ether oxygens (including phenoxy) is 18. The zero-order valence-electron chi connectivity index (χ0n) is 36.2. The van der Waals surface area contributed by atoms with Crippen molar-refractivity contribution in [2.45, 2.75) is 12.2 Å². The highest BCUT2D eigenvalue weighted by Gasteiger charge is 2.19. The van der Waals surface area contributed by atoms with Crippen LogP contribution in [0.1, 0.15) is 0 Å². The molecule has 20 heteroatoms. The van der Waals surface area contributed by atoms with Crippen molar-refractivity contribution in [2.75, 3.05) is 213 Å². The van der Waals surface area contributed by atoms with Gasteiger partial charge >= 0.3 is 0 Å². The third-order valence-corrected chi connectivity index (χ3v) is 9.18. The van der Waals surface area contributed by atoms with Crippen molar-refractivity contribution in [1.82, 2.24) is 0 Å². The smallest absolute Gasteiger partial charge is 0.145 e. The average molecular weight is 1090 g/mol. The van der Waals surface area contributed by atoms with E-state index >= 15 is 0 Å². The number of benzene rings is 1. The van der Waals surface area contributed by atoms with Crippen molar-refractivity contribution >= 4 is 45.2 Å². The molecule has 60 heavy (non-hydrogen) atoms. The summed E-state index contributed by atoms with van der Waals surface area (Å²) in [6.07, 6.45) is -0.799. The maximum Gasteiger partial charge on any atom is 0.145 e. The molecule has 0 aliphatic carbocycles. The zero-order chi connectivity index (χ0) is 43.4. The summed E-state index contributed by atoms with van der Waals surface area (Å²) in [5, 5.41) is 0. The van der Waals surface area contributed by atoms with E-state index in [1.54, 1.807) is 28.4 Å². The van der Waals surface area contributed by atoms with Crippen LogP contribution in [-0.4, -0.2) is 226 Å². The van der Waals surface area contributed by atoms with E-state index in [9.17, 15) is 0 Å². The van der Waals surface area contributed by atoms with Gasteiger partial charge in [-0.1, -0.05) is 0 Å². The fourth-order valence-corrected chi connectivity index (χ4v) is 5.60. The Labute approximate surface area is 384 Å². The zero-order valence-corrected chi connectivity index (χ0v) is 40.5. The van der Waals surface area contributed by atoms with Crippen molar-refractivity contribution in [3.05, 3.63) is 19.3 Å². The second kappa shape index (κ2) is 45.2. The SMILES string of the molecule is COCCOCCOCCOCC(COCCOCCOCCOC)Oc1cc(I)c(OC(COCCOCCOCCOC)COCCOCCOCCOC)cc1I. The minimum Gasteiger partial charge on any atom is -0.484 e. The van der Waals surface area contributed by atoms with E-state index in [2.05, 4.69) is 45.2 Å². The van der Waals surface area contributed by atoms with Gasteiger partial charge < -0.3 is 85.3 Å². The van der Waals surface area contributed by atoms with Gasteiger partial charge in [-0.2, -0.15) is 0 Å². The van der Waals surface area contributed by atoms with E-state index in [1.165, 1.54) is 0 Å². The first-order valence-electron chi connectivity index (χ1n) is 20.3. The monoisotopic (exact) mass is 1090 g/mol. The highest BCUT2D eigenvalue weighted by Crippen LogP contribution is 2.32. The molecule has 0 spiro atoms. The molecule has 0 N–H and O–H groups in total. The van der Waals surface area contributed by atoms with Crippen molar-refractivity contribution in [3.63, 3.8) is 0 Å². The summed E-state index contributed by atoms with van der Waals surface area (Å²) in [5.41, 5.74) is 0. The first-order chi connectivity index (χ1) is 29.5. The first kappa shape index (κ1) is 57.7. The van der Waals surface area contributed by atoms with Gasteiger partial charge in [0, 0.05) is 28.4 Å². The van der Waals surface area contributed by atoms with Crippen molar-refractivity contribution in [1.29, 1.82) is 0 Å². The third-order valence-electron chi connectivity index (χ3n) is 7.49. The molecule has 0 radical (unpaired) electrons. The van der Waals surface area contributed by atoms with E-state index in [0.717, 1.165) is 7.14 Å². The summed E-state index contributed by atoms with van der Waals surface area (Å²) in [7, 11) is 6.56. The van der Waals surface area contributed by atoms with Crippen LogP contribution < -0.4 is 9.47 Å². The van der Waals surface area contributed by atoms with Gasteiger partial charge in [-0.05, 0) is 57.3 Å². The molecule has 0 saturated heterocycles. The molecule has 1 aromatic rings. The summed E-state index contributed by atoms with van der Waals surface area (Å²) in [4.78, 5) is 0. The number of methoxy groups -OCH3 is 4. The van der Waals surface area contributed by atoms with Gasteiger partial charge in [-0.25, -0.2) is 0 Å². The van der Waals surface area contributed by atoms with Crippen molar-refractivity contribution in [2.24, 2.45) is 0 Å². The molecule has 0 aliphatic rings. The summed E-state index contributed by atoms with van der Waals surface area (Å²) in [6, 6.07) is 3.88. The minimum absolute atomic E-state index is 0.290. The molecule has 0 heterocycles. The average Bonchev–Trinajstić information content (AvgIpc) is 3.24. The molecule has 0 atom stereocenters. The lowest BCUT2D eigenvalue weighted by molar-refractivity contribution is -0.0417. The molecular formula is C40H72I2O18. The van der Waals surface area contributed by atoms with Crippen LogP contribution in [0.4, 0.5) is 0 Å². The Morgan fingerprint density at radius 1 is 0.300 bits per heavy atom. The van der Waals surface area contributed by atoms with Gasteiger partial charge in [0.25, 0.3) is 0 Å². The van der Waals surface area contributed by atoms with Crippen molar-refractivity contribution < 1.29 is 85.3 Å². The maximum atomic E-state index is 6.46. The Morgan fingerprint density at radius 3 is 0.683 bits per heavy atom. The minimum atomic E-state index is -0.399. The number of hydrogen-bond donors (Lipinski definition) is 0. The van der Waals surface area contributed by atoms with E-state index in [1.807, 2.05) is 12.1 Å². The molecule has 0 aromatic heterocycles. The Morgan fingerprint density at radius 2 is 0.483 bits per heavy atom. The van der Waals surface area contributed by atoms with Gasteiger partial charge in [0.1, 0.15) is 23.7 Å². The molecule has 1 aromatic carbocycles. The molecule has 0 unspecified atom stereocenters. The lowest BCUT2D eigenvalue weighted by Gasteiger charge is -2.23. The van der Waals surface area contributed by atoms with Crippen LogP contribution in [0.2, 0.25) is 0 Å². The summed E-state index contributed by atoms with van der Waals surface area (Å²) >= 11 is 4.49. The number of rotatable bonds is 48. The Bertz CT molecular complexity index is 925. The Balaban J connectivity index is 2.75. The van der Waals surface area contributed by atoms with Crippen LogP contribution in [-0.2, 0) is 75.8 Å². The topological polar surface area (TPSA) is 166 Å². The van der Waals surface area contributed by atoms with Gasteiger partial charge in [0.2, 0.25) is 0 Å². The highest BCUT2D eigenvalue weighted by atomic mass is 127. The quantitative estimate of drug-likeness (QED) is 0.0690. The van der Waals surface area contributed by atoms with Gasteiger partial charge in [0.05, 0.1) is 192 Å². The van der Waals surface area contributed by atoms with Gasteiger partial charge in [-0.15, -0.1) is 0 Å². The molecule has 18 nitrogen and oxygen atoms in total. The Hall–Kier alpha value is -0.360. The molecule has 0 amide bonds. The van der Waals surface area contributed by atoms with Gasteiger partial charge in [0.15, 0.2) is 0 Å². The second-order valence-corrected chi connectivity index (χ2v) is 14.7. The molecule has 354 valence electrons. The first-order valence-corrected chi connectivity index (χ1v) is 22.4. The normalized spacial score (nSPS) is 11.7. The summed E-state index contributed by atoms with van der Waals surface area (Å²) in [5.74, 6) is 1.35. The Kier molecular flexibility index (Phi) is 43.5. The van der Waals surface area contributed by atoms with E-state index in [0.29, 0.717) is 196 Å². The fraction of sp³-hybridized carbons (Fsp3) is 0.850. The fourth-order valence-electron chi connectivity index (χ4n) is 4.47. The molecule has 1 rings (SSSR count). The predicted molar refractivity (Wildman–Crippen MR) is 238 cm³/mol. The van der Waals surface area contributed by atoms with Crippen LogP contribution in [0, 0.1) is 7.14 Å². The summed E-state index contributed by atoms with van der Waals surface area (Å²) in [6.45, 7) is 12.6. The van der Waals surface area contributed by atoms with Crippen LogP contribution in [0.15, 0.2) is 12.1 Å². The van der Waals surface area contributed by atoms with Gasteiger partial charge in [-0.3, -0.25) is 0 Å². The lowest BCUT2D eigenvalue weighted by Crippen LogP contribution is -2.31. The predicted octanol–water partition coefficient (Wildman–Crippen LogP) is 3.18. The van der Waals surface area contributed by atoms with Crippen LogP contribution >= 0.6 is 45.2 Å². The maximum absolute atomic E-state index is 6.46. The molecular weight excluding hydrogens is 1020 g/mol. The van der Waals surface area contributed by atoms with E-state index < -0.39 is 12.2 Å². The standard InChI is InChI=1S/C40H72I2O18/c1-43-5-9-47-13-17-51-21-25-55-31-35(32-56-26-22-52-18-14-48-10-6-44-2)59-39-29-38(42)40(30-37(39)41)60-36(33-57-27-23-53-19-15-49-11-7-45-3)34-58-28-24-54-20-16-50-12-8-46-4/h29-30,35-36H,5-28,31-34H2,1-4H3. The van der Waals surface area contributed by atoms with Crippen LogP contribution in [0.25, 0.3) is 0 Å². The highest BCUT2D eigenvalue weighted by molar-refractivity contribution is 14.1. The number of halogens is 2. The molecule has 0 bridgehead atoms.